The molecule has 0 amide bonds. The quantitative estimate of drug-likeness (QED) is 0.206. The number of aldehydes is 1. The van der Waals surface area contributed by atoms with Crippen molar-refractivity contribution in [1.82, 2.24) is 0 Å². The molecule has 112 valence electrons. The molecule has 0 aliphatic heterocycles. The molecule has 0 aliphatic carbocycles. The fourth-order valence-corrected chi connectivity index (χ4v) is 1.34. The topological polar surface area (TPSA) is 38.7 Å². The number of ether oxygens (including phenoxy) is 1. The third kappa shape index (κ3) is 4.87. The van der Waals surface area contributed by atoms with Gasteiger partial charge in [-0.15, -0.1) is 0 Å². The Morgan fingerprint density at radius 3 is 2.52 bits per heavy atom. The summed E-state index contributed by atoms with van der Waals surface area (Å²) in [6.07, 6.45) is -1.74. The van der Waals surface area contributed by atoms with Crippen molar-refractivity contribution in [3.05, 3.63) is 53.2 Å². The summed E-state index contributed by atoms with van der Waals surface area (Å²) in [7, 11) is 0. The Bertz CT molecular complexity index is 593. The number of hydrogen-bond donors (Lipinski definition) is 0. The first-order chi connectivity index (χ1) is 9.77. The fraction of sp³-hybridized carbons (Fsp3) is 0.143. The van der Waals surface area contributed by atoms with Crippen molar-refractivity contribution in [3.63, 3.8) is 0 Å². The summed E-state index contributed by atoms with van der Waals surface area (Å²) in [4.78, 5) is 13.8. The van der Waals surface area contributed by atoms with E-state index in [1.165, 1.54) is 19.1 Å². The van der Waals surface area contributed by atoms with Gasteiger partial charge in [0.15, 0.2) is 6.29 Å². The average molecular weight is 301 g/mol. The van der Waals surface area contributed by atoms with Gasteiger partial charge in [0, 0.05) is 0 Å². The van der Waals surface area contributed by atoms with Gasteiger partial charge in [-0.3, -0.25) is 9.79 Å². The number of alkyl halides is 3. The molecular formula is C14H11F4NO2. The van der Waals surface area contributed by atoms with Crippen molar-refractivity contribution < 1.29 is 27.1 Å². The van der Waals surface area contributed by atoms with Crippen LogP contribution in [0.3, 0.4) is 0 Å². The largest absolute Gasteiger partial charge is 0.462 e. The van der Waals surface area contributed by atoms with Gasteiger partial charge in [-0.25, -0.2) is 4.39 Å². The highest BCUT2D eigenvalue weighted by atomic mass is 19.4. The van der Waals surface area contributed by atoms with Crippen LogP contribution in [0.25, 0.3) is 0 Å². The van der Waals surface area contributed by atoms with Gasteiger partial charge in [-0.1, -0.05) is 0 Å². The van der Waals surface area contributed by atoms with Gasteiger partial charge < -0.3 is 4.74 Å². The number of benzene rings is 1. The first-order valence-electron chi connectivity index (χ1n) is 5.63. The molecule has 1 aromatic carbocycles. The van der Waals surface area contributed by atoms with Crippen LogP contribution in [0.4, 0.5) is 17.6 Å². The van der Waals surface area contributed by atoms with Gasteiger partial charge in [0.05, 0.1) is 5.56 Å². The van der Waals surface area contributed by atoms with E-state index in [9.17, 15) is 22.4 Å². The third-order valence-corrected chi connectivity index (χ3v) is 2.31. The Balaban J connectivity index is 2.99. The zero-order valence-electron chi connectivity index (χ0n) is 10.9. The molecule has 0 fully saturated rings. The predicted molar refractivity (Wildman–Crippen MR) is 69.5 cm³/mol. The molecule has 3 nitrogen and oxygen atoms in total. The van der Waals surface area contributed by atoms with E-state index in [0.717, 1.165) is 6.07 Å². The monoisotopic (exact) mass is 301 g/mol. The lowest BCUT2D eigenvalue weighted by Crippen LogP contribution is -2.08. The average Bonchev–Trinajstić information content (AvgIpc) is 2.41. The molecule has 1 rings (SSSR count). The minimum atomic E-state index is -4.81. The van der Waals surface area contributed by atoms with Crippen LogP contribution in [0.1, 0.15) is 12.5 Å². The second-order valence-electron chi connectivity index (χ2n) is 3.89. The Hall–Kier alpha value is -2.44. The summed E-state index contributed by atoms with van der Waals surface area (Å²) < 4.78 is 55.8. The lowest BCUT2D eigenvalue weighted by atomic mass is 10.2. The molecule has 0 aliphatic rings. The maximum absolute atomic E-state index is 13.1. The minimum absolute atomic E-state index is 0.0352. The van der Waals surface area contributed by atoms with Gasteiger partial charge >= 0.3 is 6.18 Å². The number of halogens is 4. The summed E-state index contributed by atoms with van der Waals surface area (Å²) in [5, 5.41) is 0. The van der Waals surface area contributed by atoms with E-state index >= 15 is 0 Å². The molecule has 21 heavy (non-hydrogen) atoms. The van der Waals surface area contributed by atoms with Crippen LogP contribution in [0.5, 0.6) is 5.75 Å². The first-order valence-corrected chi connectivity index (χ1v) is 5.63. The molecule has 0 radical (unpaired) electrons. The van der Waals surface area contributed by atoms with Crippen molar-refractivity contribution in [2.24, 2.45) is 4.99 Å². The number of carbonyl (C=O) groups excluding carboxylic acids is 1. The standard InChI is InChI=1S/C14H11F4NO2/c1-9(3-4-10(8-20)19-2)21-11-5-6-13(15)12(7-11)14(16,17)18/h3-8H,2H2,1H3. The second kappa shape index (κ2) is 6.83. The Kier molecular flexibility index (Phi) is 5.40. The Morgan fingerprint density at radius 1 is 1.33 bits per heavy atom. The molecule has 1 aromatic rings. The number of nitrogens with zero attached hydrogens (tertiary/aromatic N) is 1. The van der Waals surface area contributed by atoms with Gasteiger partial charge in [0.1, 0.15) is 23.0 Å². The smallest absolute Gasteiger partial charge is 0.419 e. The molecule has 0 bridgehead atoms. The Labute approximate surface area is 118 Å². The van der Waals surface area contributed by atoms with E-state index in [2.05, 4.69) is 11.7 Å². The summed E-state index contributed by atoms with van der Waals surface area (Å²) in [6, 6.07) is 2.30. The van der Waals surface area contributed by atoms with Crippen molar-refractivity contribution in [2.45, 2.75) is 13.1 Å². The number of hydrogen-bond acceptors (Lipinski definition) is 3. The number of carbonyl (C=O) groups is 1. The van der Waals surface area contributed by atoms with Gasteiger partial charge in [0.25, 0.3) is 0 Å². The molecule has 0 atom stereocenters. The molecule has 0 saturated heterocycles. The Morgan fingerprint density at radius 2 is 2.00 bits per heavy atom. The zero-order valence-corrected chi connectivity index (χ0v) is 10.9. The summed E-state index contributed by atoms with van der Waals surface area (Å²) in [6.45, 7) is 4.61. The maximum atomic E-state index is 13.1. The molecule has 0 unspecified atom stereocenters. The molecule has 0 aromatic heterocycles. The highest BCUT2D eigenvalue weighted by molar-refractivity contribution is 5.74. The molecular weight excluding hydrogens is 290 g/mol. The van der Waals surface area contributed by atoms with Crippen molar-refractivity contribution in [3.8, 4) is 5.75 Å². The molecule has 0 spiro atoms. The van der Waals surface area contributed by atoms with E-state index in [1.807, 2.05) is 0 Å². The minimum Gasteiger partial charge on any atom is -0.462 e. The number of rotatable bonds is 5. The van der Waals surface area contributed by atoms with Crippen LogP contribution in [-0.4, -0.2) is 13.0 Å². The van der Waals surface area contributed by atoms with Crippen molar-refractivity contribution >= 4 is 13.0 Å². The third-order valence-electron chi connectivity index (χ3n) is 2.31. The fourth-order valence-electron chi connectivity index (χ4n) is 1.34. The van der Waals surface area contributed by atoms with Crippen LogP contribution in [0.15, 0.2) is 46.8 Å². The highest BCUT2D eigenvalue weighted by Gasteiger charge is 2.34. The van der Waals surface area contributed by atoms with Crippen LogP contribution in [0, 0.1) is 5.82 Å². The molecule has 0 saturated carbocycles. The normalized spacial score (nSPS) is 13.0. The molecule has 0 N–H and O–H groups in total. The summed E-state index contributed by atoms with van der Waals surface area (Å²) >= 11 is 0. The lowest BCUT2D eigenvalue weighted by Gasteiger charge is -2.11. The maximum Gasteiger partial charge on any atom is 0.419 e. The molecule has 7 heteroatoms. The van der Waals surface area contributed by atoms with Crippen LogP contribution in [-0.2, 0) is 11.0 Å². The van der Waals surface area contributed by atoms with E-state index in [1.54, 1.807) is 0 Å². The van der Waals surface area contributed by atoms with E-state index < -0.39 is 17.6 Å². The van der Waals surface area contributed by atoms with Crippen molar-refractivity contribution in [1.29, 1.82) is 0 Å². The first kappa shape index (κ1) is 16.6. The van der Waals surface area contributed by atoms with E-state index in [-0.39, 0.29) is 17.2 Å². The van der Waals surface area contributed by atoms with E-state index in [0.29, 0.717) is 18.4 Å². The van der Waals surface area contributed by atoms with Crippen molar-refractivity contribution in [2.75, 3.05) is 0 Å². The summed E-state index contributed by atoms with van der Waals surface area (Å²) in [5.41, 5.74) is -1.38. The number of allylic oxidation sites excluding steroid dienone is 4. The van der Waals surface area contributed by atoms with Gasteiger partial charge in [-0.05, 0) is 44.0 Å². The zero-order chi connectivity index (χ0) is 16.0. The van der Waals surface area contributed by atoms with Crippen LogP contribution in [0.2, 0.25) is 0 Å². The lowest BCUT2D eigenvalue weighted by molar-refractivity contribution is -0.140. The number of aliphatic imine (C=N–C) groups is 1. The van der Waals surface area contributed by atoms with Crippen LogP contribution < -0.4 is 4.74 Å². The van der Waals surface area contributed by atoms with E-state index in [4.69, 9.17) is 4.74 Å². The predicted octanol–water partition coefficient (Wildman–Crippen LogP) is 3.91. The van der Waals surface area contributed by atoms with Gasteiger partial charge in [-0.2, -0.15) is 13.2 Å². The summed E-state index contributed by atoms with van der Waals surface area (Å²) in [5.74, 6) is -1.36. The van der Waals surface area contributed by atoms with Crippen LogP contribution >= 0.6 is 0 Å². The SMILES string of the molecule is C=NC(C=O)=CC=C(C)Oc1ccc(F)c(C(F)(F)F)c1. The highest BCUT2D eigenvalue weighted by Crippen LogP contribution is 2.33. The van der Waals surface area contributed by atoms with Gasteiger partial charge in [0.2, 0.25) is 0 Å². The second-order valence-corrected chi connectivity index (χ2v) is 3.89. The molecule has 0 heterocycles.